The molecule has 3 N–H and O–H groups in total. The van der Waals surface area contributed by atoms with Crippen LogP contribution in [0.1, 0.15) is 41.7 Å². The molecule has 0 aromatic heterocycles. The van der Waals surface area contributed by atoms with E-state index in [1.165, 1.54) is 35.2 Å². The smallest absolute Gasteiger partial charge is 0.387 e. The normalized spacial score (nSPS) is 17.5. The number of sulfonamides is 1. The van der Waals surface area contributed by atoms with Gasteiger partial charge in [0, 0.05) is 13.1 Å². The number of likely N-dealkylation sites (tertiary alicyclic amines) is 1. The lowest BCUT2D eigenvalue weighted by molar-refractivity contribution is -0.127. The molecule has 33 heavy (non-hydrogen) atoms. The number of alkyl halides is 2. The highest BCUT2D eigenvalue weighted by Crippen LogP contribution is 2.26. The van der Waals surface area contributed by atoms with E-state index in [1.807, 2.05) is 0 Å². The monoisotopic (exact) mass is 481 g/mol. The van der Waals surface area contributed by atoms with Gasteiger partial charge in [-0.1, -0.05) is 24.3 Å². The predicted molar refractivity (Wildman–Crippen MR) is 116 cm³/mol. The second kappa shape index (κ2) is 10.3. The maximum Gasteiger partial charge on any atom is 0.387 e. The van der Waals surface area contributed by atoms with Crippen molar-refractivity contribution >= 4 is 21.8 Å². The summed E-state index contributed by atoms with van der Waals surface area (Å²) < 4.78 is 52.6. The van der Waals surface area contributed by atoms with E-state index in [0.29, 0.717) is 24.9 Å². The molecule has 2 aromatic carbocycles. The highest BCUT2D eigenvalue weighted by Gasteiger charge is 2.31. The van der Waals surface area contributed by atoms with Crippen LogP contribution in [-0.4, -0.2) is 44.8 Å². The maximum absolute atomic E-state index is 12.9. The van der Waals surface area contributed by atoms with Gasteiger partial charge in [-0.25, -0.2) is 13.6 Å². The summed E-state index contributed by atoms with van der Waals surface area (Å²) in [6.45, 7) is -0.756. The van der Waals surface area contributed by atoms with E-state index in [2.05, 4.69) is 10.1 Å². The van der Waals surface area contributed by atoms with Crippen molar-refractivity contribution in [3.8, 4) is 5.75 Å². The first kappa shape index (κ1) is 24.6. The zero-order valence-corrected chi connectivity index (χ0v) is 18.7. The SMILES string of the molecule is CC(NC(=O)C1CCCN(C(=O)c2ccccc2OC(F)F)C1)c1ccc(S(N)(=O)=O)cc1. The molecule has 2 atom stereocenters. The molecule has 3 rings (SSSR count). The Labute approximate surface area is 190 Å². The fraction of sp³-hybridized carbons (Fsp3) is 0.364. The molecule has 11 heteroatoms. The number of carbonyl (C=O) groups is 2. The molecule has 1 saturated heterocycles. The van der Waals surface area contributed by atoms with Gasteiger partial charge in [0.15, 0.2) is 0 Å². The van der Waals surface area contributed by atoms with Crippen molar-refractivity contribution in [3.63, 3.8) is 0 Å². The first-order valence-electron chi connectivity index (χ1n) is 10.3. The van der Waals surface area contributed by atoms with E-state index in [1.54, 1.807) is 25.1 Å². The number of amides is 2. The Balaban J connectivity index is 1.65. The van der Waals surface area contributed by atoms with Crippen LogP contribution in [0.5, 0.6) is 5.75 Å². The molecule has 1 fully saturated rings. The number of nitrogens with zero attached hydrogens (tertiary/aromatic N) is 1. The number of benzene rings is 2. The van der Waals surface area contributed by atoms with E-state index >= 15 is 0 Å². The van der Waals surface area contributed by atoms with E-state index in [-0.39, 0.29) is 28.7 Å². The van der Waals surface area contributed by atoms with Crippen LogP contribution in [0.4, 0.5) is 8.78 Å². The number of ether oxygens (including phenoxy) is 1. The van der Waals surface area contributed by atoms with E-state index in [9.17, 15) is 26.8 Å². The summed E-state index contributed by atoms with van der Waals surface area (Å²) in [4.78, 5) is 27.2. The minimum absolute atomic E-state index is 0.0159. The first-order valence-corrected chi connectivity index (χ1v) is 11.9. The molecule has 0 bridgehead atoms. The standard InChI is InChI=1S/C22H25F2N3O5S/c1-14(15-8-10-17(11-9-15)33(25,30)31)26-20(28)16-5-4-12-27(13-16)21(29)18-6-2-3-7-19(18)32-22(23)24/h2-3,6-11,14,16,22H,4-5,12-13H2,1H3,(H,26,28)(H2,25,30,31). The Hall–Kier alpha value is -3.05. The Morgan fingerprint density at radius 3 is 2.45 bits per heavy atom. The van der Waals surface area contributed by atoms with Gasteiger partial charge in [0.2, 0.25) is 15.9 Å². The van der Waals surface area contributed by atoms with Crippen LogP contribution >= 0.6 is 0 Å². The summed E-state index contributed by atoms with van der Waals surface area (Å²) in [5.74, 6) is -1.42. The fourth-order valence-corrected chi connectivity index (χ4v) is 4.26. The zero-order valence-electron chi connectivity index (χ0n) is 17.9. The van der Waals surface area contributed by atoms with Crippen molar-refractivity contribution in [2.75, 3.05) is 13.1 Å². The van der Waals surface area contributed by atoms with Crippen LogP contribution in [-0.2, 0) is 14.8 Å². The Morgan fingerprint density at radius 2 is 1.82 bits per heavy atom. The molecule has 178 valence electrons. The highest BCUT2D eigenvalue weighted by molar-refractivity contribution is 7.89. The molecule has 0 saturated carbocycles. The summed E-state index contributed by atoms with van der Waals surface area (Å²) in [7, 11) is -3.81. The van der Waals surface area contributed by atoms with Gasteiger partial charge >= 0.3 is 6.61 Å². The predicted octanol–water partition coefficient (Wildman–Crippen LogP) is 2.67. The molecule has 2 aromatic rings. The van der Waals surface area contributed by atoms with Gasteiger partial charge in [-0.05, 0) is 49.6 Å². The van der Waals surface area contributed by atoms with Gasteiger partial charge in [-0.15, -0.1) is 0 Å². The number of primary sulfonamides is 1. The molecular formula is C22H25F2N3O5S. The number of nitrogens with two attached hydrogens (primary N) is 1. The zero-order chi connectivity index (χ0) is 24.2. The van der Waals surface area contributed by atoms with Crippen molar-refractivity contribution in [1.82, 2.24) is 10.2 Å². The lowest BCUT2D eigenvalue weighted by atomic mass is 9.95. The molecule has 8 nitrogen and oxygen atoms in total. The number of piperidine rings is 1. The van der Waals surface area contributed by atoms with Crippen molar-refractivity contribution in [2.24, 2.45) is 11.1 Å². The van der Waals surface area contributed by atoms with Gasteiger partial charge < -0.3 is 15.0 Å². The average Bonchev–Trinajstić information content (AvgIpc) is 2.78. The van der Waals surface area contributed by atoms with Gasteiger partial charge in [0.25, 0.3) is 5.91 Å². The van der Waals surface area contributed by atoms with Gasteiger partial charge in [-0.3, -0.25) is 9.59 Å². The quantitative estimate of drug-likeness (QED) is 0.630. The Kier molecular flexibility index (Phi) is 7.65. The lowest BCUT2D eigenvalue weighted by Gasteiger charge is -2.33. The van der Waals surface area contributed by atoms with Gasteiger partial charge in [0.1, 0.15) is 5.75 Å². The van der Waals surface area contributed by atoms with Crippen LogP contribution in [0, 0.1) is 5.92 Å². The third-order valence-electron chi connectivity index (χ3n) is 5.48. The number of carbonyl (C=O) groups excluding carboxylic acids is 2. The van der Waals surface area contributed by atoms with Gasteiger partial charge in [0.05, 0.1) is 22.4 Å². The molecular weight excluding hydrogens is 456 g/mol. The average molecular weight is 482 g/mol. The third-order valence-corrected chi connectivity index (χ3v) is 6.41. The summed E-state index contributed by atoms with van der Waals surface area (Å²) in [6.07, 6.45) is 1.15. The van der Waals surface area contributed by atoms with Crippen molar-refractivity contribution in [1.29, 1.82) is 0 Å². The number of hydrogen-bond acceptors (Lipinski definition) is 5. The molecule has 2 unspecified atom stereocenters. The Bertz CT molecular complexity index is 1110. The molecule has 1 aliphatic rings. The van der Waals surface area contributed by atoms with Crippen LogP contribution in [0.2, 0.25) is 0 Å². The van der Waals surface area contributed by atoms with E-state index in [0.717, 1.165) is 0 Å². The number of para-hydroxylation sites is 1. The summed E-state index contributed by atoms with van der Waals surface area (Å²) in [6, 6.07) is 11.2. The number of hydrogen-bond donors (Lipinski definition) is 2. The Morgan fingerprint density at radius 1 is 1.15 bits per heavy atom. The topological polar surface area (TPSA) is 119 Å². The van der Waals surface area contributed by atoms with E-state index < -0.39 is 34.5 Å². The number of halogens is 2. The second-order valence-corrected chi connectivity index (χ2v) is 9.37. The van der Waals surface area contributed by atoms with Crippen molar-refractivity contribution in [2.45, 2.75) is 37.3 Å². The summed E-state index contributed by atoms with van der Waals surface area (Å²) in [5.41, 5.74) is 0.708. The molecule has 1 heterocycles. The van der Waals surface area contributed by atoms with Crippen molar-refractivity contribution in [3.05, 3.63) is 59.7 Å². The van der Waals surface area contributed by atoms with Crippen LogP contribution in [0.3, 0.4) is 0 Å². The maximum atomic E-state index is 12.9. The largest absolute Gasteiger partial charge is 0.434 e. The first-order chi connectivity index (χ1) is 15.6. The number of rotatable bonds is 7. The highest BCUT2D eigenvalue weighted by atomic mass is 32.2. The van der Waals surface area contributed by atoms with Gasteiger partial charge in [-0.2, -0.15) is 8.78 Å². The lowest BCUT2D eigenvalue weighted by Crippen LogP contribution is -2.46. The molecule has 0 radical (unpaired) electrons. The minimum Gasteiger partial charge on any atom is -0.434 e. The molecule has 0 aliphatic carbocycles. The minimum atomic E-state index is -3.81. The van der Waals surface area contributed by atoms with Crippen LogP contribution in [0.15, 0.2) is 53.4 Å². The third kappa shape index (κ3) is 6.26. The second-order valence-electron chi connectivity index (χ2n) is 7.81. The summed E-state index contributed by atoms with van der Waals surface area (Å²) in [5, 5.41) is 7.98. The molecule has 2 amide bonds. The van der Waals surface area contributed by atoms with Crippen molar-refractivity contribution < 1.29 is 31.5 Å². The van der Waals surface area contributed by atoms with E-state index in [4.69, 9.17) is 5.14 Å². The van der Waals surface area contributed by atoms with Crippen LogP contribution < -0.4 is 15.2 Å². The number of nitrogens with one attached hydrogen (secondary N) is 1. The van der Waals surface area contributed by atoms with Crippen LogP contribution in [0.25, 0.3) is 0 Å². The summed E-state index contributed by atoms with van der Waals surface area (Å²) >= 11 is 0. The molecule has 1 aliphatic heterocycles. The molecule has 0 spiro atoms. The fourth-order valence-electron chi connectivity index (χ4n) is 3.75.